The lowest BCUT2D eigenvalue weighted by atomic mass is 9.91. The lowest BCUT2D eigenvalue weighted by molar-refractivity contribution is -0.122. The Kier molecular flexibility index (Phi) is 7.77. The van der Waals surface area contributed by atoms with Crippen molar-refractivity contribution in [3.8, 4) is 0 Å². The molecule has 34 heavy (non-hydrogen) atoms. The summed E-state index contributed by atoms with van der Waals surface area (Å²) in [5, 5.41) is 0. The molecule has 4 heterocycles. The van der Waals surface area contributed by atoms with Crippen molar-refractivity contribution in [2.75, 3.05) is 24.5 Å². The third-order valence-electron chi connectivity index (χ3n) is 6.62. The number of carbonyl (C=O) groups is 1. The second-order valence-corrected chi connectivity index (χ2v) is 11.5. The van der Waals surface area contributed by atoms with Crippen LogP contribution in [0, 0.1) is 18.8 Å². The Morgan fingerprint density at radius 1 is 1.18 bits per heavy atom. The summed E-state index contributed by atoms with van der Waals surface area (Å²) in [5.41, 5.74) is 1.93. The molecule has 4 rings (SSSR count). The zero-order valence-corrected chi connectivity index (χ0v) is 22.2. The number of thioether (sulfide) groups is 1. The van der Waals surface area contributed by atoms with Gasteiger partial charge < -0.3 is 4.90 Å². The van der Waals surface area contributed by atoms with Crippen molar-refractivity contribution in [1.29, 1.82) is 0 Å². The number of aromatic nitrogens is 2. The molecular weight excluding hydrogens is 464 g/mol. The van der Waals surface area contributed by atoms with Crippen molar-refractivity contribution < 1.29 is 4.79 Å². The van der Waals surface area contributed by atoms with Gasteiger partial charge in [-0.15, -0.1) is 0 Å². The number of hydrogen-bond acceptors (Lipinski definition) is 6. The Morgan fingerprint density at radius 3 is 2.62 bits per heavy atom. The zero-order valence-electron chi connectivity index (χ0n) is 20.5. The van der Waals surface area contributed by atoms with E-state index in [-0.39, 0.29) is 11.5 Å². The Balaban J connectivity index is 1.76. The molecule has 2 fully saturated rings. The Morgan fingerprint density at radius 2 is 1.91 bits per heavy atom. The van der Waals surface area contributed by atoms with Crippen LogP contribution in [0.25, 0.3) is 11.7 Å². The number of pyridine rings is 1. The van der Waals surface area contributed by atoms with Crippen LogP contribution >= 0.6 is 24.0 Å². The summed E-state index contributed by atoms with van der Waals surface area (Å²) in [5.74, 6) is 1.59. The second kappa shape index (κ2) is 10.6. The molecule has 0 radical (unpaired) electrons. The van der Waals surface area contributed by atoms with Gasteiger partial charge in [0.05, 0.1) is 10.5 Å². The molecule has 182 valence electrons. The number of amides is 1. The van der Waals surface area contributed by atoms with Crippen molar-refractivity contribution in [2.45, 2.75) is 59.8 Å². The third-order valence-corrected chi connectivity index (χ3v) is 7.99. The van der Waals surface area contributed by atoms with E-state index in [0.717, 1.165) is 50.8 Å². The summed E-state index contributed by atoms with van der Waals surface area (Å²) in [6.45, 7) is 10.9. The first-order chi connectivity index (χ1) is 16.3. The first-order valence-electron chi connectivity index (χ1n) is 12.3. The van der Waals surface area contributed by atoms with Gasteiger partial charge in [-0.05, 0) is 49.3 Å². The summed E-state index contributed by atoms with van der Waals surface area (Å²) >= 11 is 6.81. The van der Waals surface area contributed by atoms with Crippen LogP contribution in [0.5, 0.6) is 0 Å². The van der Waals surface area contributed by atoms with Crippen molar-refractivity contribution in [2.24, 2.45) is 11.8 Å². The van der Waals surface area contributed by atoms with E-state index in [9.17, 15) is 9.59 Å². The fourth-order valence-corrected chi connectivity index (χ4v) is 6.31. The first-order valence-corrected chi connectivity index (χ1v) is 13.5. The fourth-order valence-electron chi connectivity index (χ4n) is 5.02. The average Bonchev–Trinajstić information content (AvgIpc) is 3.05. The molecule has 2 aliphatic heterocycles. The minimum absolute atomic E-state index is 0.105. The number of aryl methyl sites for hydroxylation is 1. The highest BCUT2D eigenvalue weighted by Gasteiger charge is 2.33. The molecular formula is C26H34N4O2S2. The minimum atomic E-state index is -0.150. The maximum absolute atomic E-state index is 13.7. The van der Waals surface area contributed by atoms with Crippen LogP contribution in [-0.4, -0.2) is 44.1 Å². The van der Waals surface area contributed by atoms with E-state index in [0.29, 0.717) is 44.6 Å². The van der Waals surface area contributed by atoms with Crippen LogP contribution in [-0.2, 0) is 4.79 Å². The van der Waals surface area contributed by atoms with Crippen LogP contribution < -0.4 is 10.5 Å². The average molecular weight is 499 g/mol. The second-order valence-electron chi connectivity index (χ2n) is 9.78. The molecule has 2 atom stereocenters. The Hall–Kier alpha value is -2.19. The van der Waals surface area contributed by atoms with E-state index in [4.69, 9.17) is 17.2 Å². The number of piperidine rings is 1. The summed E-state index contributed by atoms with van der Waals surface area (Å²) < 4.78 is 2.16. The first kappa shape index (κ1) is 24.9. The van der Waals surface area contributed by atoms with E-state index in [1.165, 1.54) is 11.8 Å². The number of unbranched alkanes of at least 4 members (excludes halogenated alkanes) is 3. The minimum Gasteiger partial charge on any atom is -0.355 e. The molecule has 1 amide bonds. The number of carbonyl (C=O) groups excluding carboxylic acids is 1. The highest BCUT2D eigenvalue weighted by atomic mass is 32.2. The quantitative estimate of drug-likeness (QED) is 0.295. The molecule has 0 aliphatic carbocycles. The lowest BCUT2D eigenvalue weighted by Crippen LogP contribution is -2.40. The molecule has 2 aliphatic rings. The van der Waals surface area contributed by atoms with E-state index in [1.54, 1.807) is 21.6 Å². The third kappa shape index (κ3) is 5.08. The van der Waals surface area contributed by atoms with Gasteiger partial charge in [0.2, 0.25) is 0 Å². The lowest BCUT2D eigenvalue weighted by Gasteiger charge is -2.36. The zero-order chi connectivity index (χ0) is 24.4. The molecule has 0 saturated carbocycles. The predicted molar refractivity (Wildman–Crippen MR) is 145 cm³/mol. The number of fused-ring (bicyclic) bond motifs is 1. The van der Waals surface area contributed by atoms with Gasteiger partial charge in [0.15, 0.2) is 0 Å². The maximum Gasteiger partial charge on any atom is 0.267 e. The highest BCUT2D eigenvalue weighted by Crippen LogP contribution is 2.35. The van der Waals surface area contributed by atoms with Gasteiger partial charge in [0, 0.05) is 25.8 Å². The van der Waals surface area contributed by atoms with E-state index in [2.05, 4.69) is 25.7 Å². The van der Waals surface area contributed by atoms with Crippen molar-refractivity contribution in [1.82, 2.24) is 14.3 Å². The van der Waals surface area contributed by atoms with Crippen LogP contribution in [0.2, 0.25) is 0 Å². The number of nitrogens with zero attached hydrogens (tertiary/aromatic N) is 4. The largest absolute Gasteiger partial charge is 0.355 e. The van der Waals surface area contributed by atoms with Crippen LogP contribution in [0.15, 0.2) is 28.0 Å². The molecule has 0 unspecified atom stereocenters. The predicted octanol–water partition coefficient (Wildman–Crippen LogP) is 5.27. The van der Waals surface area contributed by atoms with Crippen LogP contribution in [0.1, 0.15) is 64.0 Å². The maximum atomic E-state index is 13.7. The highest BCUT2D eigenvalue weighted by molar-refractivity contribution is 8.26. The van der Waals surface area contributed by atoms with Crippen LogP contribution in [0.3, 0.4) is 0 Å². The summed E-state index contributed by atoms with van der Waals surface area (Å²) in [4.78, 5) is 36.3. The van der Waals surface area contributed by atoms with Gasteiger partial charge in [-0.25, -0.2) is 4.98 Å². The molecule has 2 aromatic rings. The van der Waals surface area contributed by atoms with Gasteiger partial charge in [0.1, 0.15) is 15.8 Å². The number of rotatable bonds is 7. The normalized spacial score (nSPS) is 22.4. The van der Waals surface area contributed by atoms with Gasteiger partial charge in [-0.2, -0.15) is 0 Å². The molecule has 8 heteroatoms. The number of thiocarbonyl (C=S) groups is 1. The van der Waals surface area contributed by atoms with Gasteiger partial charge in [-0.3, -0.25) is 18.9 Å². The Labute approximate surface area is 211 Å². The molecule has 0 bridgehead atoms. The Bertz CT molecular complexity index is 1180. The van der Waals surface area contributed by atoms with E-state index in [1.807, 2.05) is 19.1 Å². The van der Waals surface area contributed by atoms with E-state index >= 15 is 0 Å². The number of hydrogen-bond donors (Lipinski definition) is 0. The monoisotopic (exact) mass is 498 g/mol. The summed E-state index contributed by atoms with van der Waals surface area (Å²) in [7, 11) is 0. The van der Waals surface area contributed by atoms with Crippen molar-refractivity contribution >= 4 is 51.7 Å². The van der Waals surface area contributed by atoms with Gasteiger partial charge in [0.25, 0.3) is 11.5 Å². The molecule has 0 spiro atoms. The van der Waals surface area contributed by atoms with E-state index < -0.39 is 0 Å². The fraction of sp³-hybridized carbons (Fsp3) is 0.538. The smallest absolute Gasteiger partial charge is 0.267 e. The van der Waals surface area contributed by atoms with Crippen molar-refractivity contribution in [3.63, 3.8) is 0 Å². The molecule has 2 saturated heterocycles. The molecule has 0 aromatic carbocycles. The summed E-state index contributed by atoms with van der Waals surface area (Å²) in [6, 6.07) is 3.83. The summed E-state index contributed by atoms with van der Waals surface area (Å²) in [6.07, 6.45) is 8.95. The number of anilines is 1. The van der Waals surface area contributed by atoms with Gasteiger partial charge in [-0.1, -0.05) is 70.1 Å². The molecule has 0 N–H and O–H groups in total. The topological polar surface area (TPSA) is 57.9 Å². The molecule has 6 nitrogen and oxygen atoms in total. The molecule has 2 aromatic heterocycles. The van der Waals surface area contributed by atoms with Crippen molar-refractivity contribution in [3.05, 3.63) is 44.7 Å². The van der Waals surface area contributed by atoms with Gasteiger partial charge >= 0.3 is 0 Å². The SMILES string of the molecule is CCCCCCN1C(=O)/C(=C/c2c(N3C[C@H](C)C[C@H](C)C3)nc3c(C)cccn3c2=O)SC1=S. The standard InChI is InChI=1S/C26H34N4O2S2/c1-5-6-7-8-11-30-25(32)21(34-26(30)33)14-20-23(28-15-17(2)13-18(3)16-28)27-22-19(4)10-9-12-29(22)24(20)31/h9-10,12,14,17-18H,5-8,11,13,15-16H2,1-4H3/b21-14-/t17-,18+. The van der Waals surface area contributed by atoms with Crippen LogP contribution in [0.4, 0.5) is 5.82 Å².